The van der Waals surface area contributed by atoms with Gasteiger partial charge in [0.2, 0.25) is 0 Å². The number of nitrogens with zero attached hydrogens (tertiary/aromatic N) is 3. The summed E-state index contributed by atoms with van der Waals surface area (Å²) in [7, 11) is 1.87. The largest absolute Gasteiger partial charge is 0.371 e. The number of carbonyl (C=O) groups is 1. The van der Waals surface area contributed by atoms with E-state index in [1.165, 1.54) is 0 Å². The van der Waals surface area contributed by atoms with Crippen molar-refractivity contribution in [3.8, 4) is 0 Å². The third-order valence-electron chi connectivity index (χ3n) is 3.83. The smallest absolute Gasteiger partial charge is 0.319 e. The molecule has 3 rings (SSSR count). The number of pyridine rings is 1. The highest BCUT2D eigenvalue weighted by molar-refractivity contribution is 5.89. The minimum Gasteiger partial charge on any atom is -0.371 e. The van der Waals surface area contributed by atoms with Gasteiger partial charge in [-0.15, -0.1) is 0 Å². The van der Waals surface area contributed by atoms with Crippen LogP contribution in [0.15, 0.2) is 30.9 Å². The maximum absolute atomic E-state index is 12.2. The van der Waals surface area contributed by atoms with Crippen LogP contribution in [0.2, 0.25) is 0 Å². The third-order valence-corrected chi connectivity index (χ3v) is 3.83. The van der Waals surface area contributed by atoms with Crippen molar-refractivity contribution in [2.24, 2.45) is 7.05 Å². The Kier molecular flexibility index (Phi) is 4.57. The van der Waals surface area contributed by atoms with Crippen molar-refractivity contribution in [1.29, 1.82) is 0 Å². The summed E-state index contributed by atoms with van der Waals surface area (Å²) in [5.74, 6) is 0. The molecule has 2 N–H and O–H groups in total. The van der Waals surface area contributed by atoms with Crippen LogP contribution in [0, 0.1) is 6.92 Å². The molecule has 1 aliphatic rings. The molecule has 0 saturated carbocycles. The van der Waals surface area contributed by atoms with Crippen LogP contribution in [0.25, 0.3) is 0 Å². The number of hydrogen-bond acceptors (Lipinski definition) is 4. The van der Waals surface area contributed by atoms with Crippen LogP contribution < -0.4 is 10.6 Å². The summed E-state index contributed by atoms with van der Waals surface area (Å²) in [6.07, 6.45) is 8.71. The second-order valence-electron chi connectivity index (χ2n) is 5.84. The van der Waals surface area contributed by atoms with E-state index in [0.29, 0.717) is 12.3 Å². The normalized spacial score (nSPS) is 21.0. The maximum atomic E-state index is 12.2. The Balaban J connectivity index is 1.65. The summed E-state index contributed by atoms with van der Waals surface area (Å²) in [4.78, 5) is 16.3. The number of urea groups is 1. The first kappa shape index (κ1) is 15.5. The van der Waals surface area contributed by atoms with E-state index >= 15 is 0 Å². The number of amides is 2. The zero-order chi connectivity index (χ0) is 16.2. The van der Waals surface area contributed by atoms with Gasteiger partial charge in [0.25, 0.3) is 0 Å². The number of carbonyl (C=O) groups excluding carboxylic acids is 1. The van der Waals surface area contributed by atoms with Gasteiger partial charge in [0.1, 0.15) is 6.10 Å². The van der Waals surface area contributed by atoms with E-state index in [1.54, 1.807) is 23.3 Å². The molecule has 0 aliphatic carbocycles. The molecular weight excluding hydrogens is 294 g/mol. The first-order valence-electron chi connectivity index (χ1n) is 7.71. The first-order chi connectivity index (χ1) is 11.1. The van der Waals surface area contributed by atoms with Crippen LogP contribution >= 0.6 is 0 Å². The van der Waals surface area contributed by atoms with Gasteiger partial charge in [0.15, 0.2) is 0 Å². The molecule has 2 amide bonds. The maximum Gasteiger partial charge on any atom is 0.319 e. The van der Waals surface area contributed by atoms with Gasteiger partial charge in [0.05, 0.1) is 24.1 Å². The van der Waals surface area contributed by atoms with Crippen molar-refractivity contribution in [2.45, 2.75) is 31.9 Å². The molecule has 1 saturated heterocycles. The number of anilines is 1. The highest BCUT2D eigenvalue weighted by atomic mass is 16.5. The van der Waals surface area contributed by atoms with Gasteiger partial charge in [0, 0.05) is 31.6 Å². The quantitative estimate of drug-likeness (QED) is 0.909. The summed E-state index contributed by atoms with van der Waals surface area (Å²) in [5.41, 5.74) is 2.66. The number of aryl methyl sites for hydroxylation is 2. The van der Waals surface area contributed by atoms with E-state index in [9.17, 15) is 4.79 Å². The lowest BCUT2D eigenvalue weighted by atomic mass is 9.98. The molecule has 1 fully saturated rings. The molecule has 0 unspecified atom stereocenters. The molecule has 23 heavy (non-hydrogen) atoms. The Bertz CT molecular complexity index is 685. The molecular formula is C16H21N5O2. The van der Waals surface area contributed by atoms with Gasteiger partial charge >= 0.3 is 6.03 Å². The van der Waals surface area contributed by atoms with Gasteiger partial charge in [-0.05, 0) is 31.4 Å². The zero-order valence-electron chi connectivity index (χ0n) is 13.3. The summed E-state index contributed by atoms with van der Waals surface area (Å²) in [6.45, 7) is 2.63. The molecule has 1 aliphatic heterocycles. The van der Waals surface area contributed by atoms with E-state index in [-0.39, 0.29) is 18.2 Å². The van der Waals surface area contributed by atoms with Gasteiger partial charge in [-0.2, -0.15) is 5.10 Å². The molecule has 7 nitrogen and oxygen atoms in total. The third kappa shape index (κ3) is 3.87. The minimum atomic E-state index is -0.248. The molecule has 3 heterocycles. The molecule has 2 atom stereocenters. The zero-order valence-corrected chi connectivity index (χ0v) is 13.3. The molecule has 0 radical (unpaired) electrons. The van der Waals surface area contributed by atoms with Crippen molar-refractivity contribution < 1.29 is 9.53 Å². The van der Waals surface area contributed by atoms with Gasteiger partial charge in [-0.3, -0.25) is 9.67 Å². The van der Waals surface area contributed by atoms with E-state index in [4.69, 9.17) is 4.74 Å². The van der Waals surface area contributed by atoms with E-state index < -0.39 is 0 Å². The molecule has 7 heteroatoms. The van der Waals surface area contributed by atoms with E-state index in [0.717, 1.165) is 24.0 Å². The monoisotopic (exact) mass is 315 g/mol. The average molecular weight is 315 g/mol. The van der Waals surface area contributed by atoms with Crippen LogP contribution in [-0.4, -0.2) is 33.4 Å². The van der Waals surface area contributed by atoms with Gasteiger partial charge < -0.3 is 15.4 Å². The summed E-state index contributed by atoms with van der Waals surface area (Å²) < 4.78 is 7.59. The van der Waals surface area contributed by atoms with Crippen molar-refractivity contribution in [3.63, 3.8) is 0 Å². The fourth-order valence-corrected chi connectivity index (χ4v) is 2.80. The predicted molar refractivity (Wildman–Crippen MR) is 86.1 cm³/mol. The van der Waals surface area contributed by atoms with Crippen LogP contribution in [0.1, 0.15) is 30.1 Å². The van der Waals surface area contributed by atoms with Crippen LogP contribution in [0.4, 0.5) is 10.5 Å². The van der Waals surface area contributed by atoms with Crippen molar-refractivity contribution in [2.75, 3.05) is 11.9 Å². The number of aromatic nitrogens is 3. The van der Waals surface area contributed by atoms with E-state index in [1.807, 2.05) is 26.2 Å². The molecule has 0 bridgehead atoms. The van der Waals surface area contributed by atoms with Crippen molar-refractivity contribution in [3.05, 3.63) is 42.0 Å². The summed E-state index contributed by atoms with van der Waals surface area (Å²) >= 11 is 0. The molecule has 0 spiro atoms. The fourth-order valence-electron chi connectivity index (χ4n) is 2.80. The lowest BCUT2D eigenvalue weighted by molar-refractivity contribution is -0.00700. The lowest BCUT2D eigenvalue weighted by Gasteiger charge is -2.31. The molecule has 0 aromatic carbocycles. The Hall–Kier alpha value is -2.41. The number of ether oxygens (including phenoxy) is 1. The van der Waals surface area contributed by atoms with Gasteiger partial charge in [-0.1, -0.05) is 0 Å². The van der Waals surface area contributed by atoms with Crippen LogP contribution in [0.5, 0.6) is 0 Å². The predicted octanol–water partition coefficient (Wildman–Crippen LogP) is 2.17. The highest BCUT2D eigenvalue weighted by Crippen LogP contribution is 2.28. The molecule has 2 aromatic heterocycles. The fraction of sp³-hybridized carbons (Fsp3) is 0.438. The Morgan fingerprint density at radius 2 is 2.26 bits per heavy atom. The van der Waals surface area contributed by atoms with Crippen LogP contribution in [-0.2, 0) is 11.8 Å². The van der Waals surface area contributed by atoms with Gasteiger partial charge in [-0.25, -0.2) is 4.79 Å². The number of hydrogen-bond donors (Lipinski definition) is 2. The topological polar surface area (TPSA) is 81.1 Å². The Labute approximate surface area is 135 Å². The van der Waals surface area contributed by atoms with Crippen molar-refractivity contribution >= 4 is 11.7 Å². The first-order valence-corrected chi connectivity index (χ1v) is 7.71. The Morgan fingerprint density at radius 1 is 1.39 bits per heavy atom. The second-order valence-corrected chi connectivity index (χ2v) is 5.84. The molecule has 2 aromatic rings. The van der Waals surface area contributed by atoms with E-state index in [2.05, 4.69) is 20.7 Å². The number of nitrogens with one attached hydrogen (secondary N) is 2. The Morgan fingerprint density at radius 3 is 3.00 bits per heavy atom. The second kappa shape index (κ2) is 6.78. The standard InChI is InChI=1S/C16H21N5O2/c1-11-6-13(9-17-7-11)19-16(22)20-14-4-3-5-23-15(14)12-8-18-21(2)10-12/h6-10,14-15H,3-5H2,1-2H3,(H2,19,20,22)/t14-,15+/m0/s1. The minimum absolute atomic E-state index is 0.0780. The highest BCUT2D eigenvalue weighted by Gasteiger charge is 2.29. The summed E-state index contributed by atoms with van der Waals surface area (Å²) in [6, 6.07) is 1.55. The SMILES string of the molecule is Cc1cncc(NC(=O)N[C@H]2CCCO[C@@H]2c2cnn(C)c2)c1. The average Bonchev–Trinajstić information content (AvgIpc) is 2.94. The molecule has 122 valence electrons. The van der Waals surface area contributed by atoms with Crippen molar-refractivity contribution in [1.82, 2.24) is 20.1 Å². The van der Waals surface area contributed by atoms with Crippen LogP contribution in [0.3, 0.4) is 0 Å². The summed E-state index contributed by atoms with van der Waals surface area (Å²) in [5, 5.41) is 10.0. The number of rotatable bonds is 3. The lowest BCUT2D eigenvalue weighted by Crippen LogP contribution is -2.44.